The highest BCUT2D eigenvalue weighted by atomic mass is 16.5. The first-order chi connectivity index (χ1) is 7.95. The molecule has 1 aromatic carbocycles. The largest absolute Gasteiger partial charge is 0.491 e. The molecule has 0 heterocycles. The third-order valence-corrected chi connectivity index (χ3v) is 2.67. The van der Waals surface area contributed by atoms with Crippen LogP contribution < -0.4 is 4.74 Å². The van der Waals surface area contributed by atoms with Crippen molar-refractivity contribution < 1.29 is 14.9 Å². The van der Waals surface area contributed by atoms with Crippen molar-refractivity contribution >= 4 is 0 Å². The first-order valence-corrected chi connectivity index (χ1v) is 6.06. The molecular weight excluding hydrogens is 216 g/mol. The van der Waals surface area contributed by atoms with Gasteiger partial charge in [-0.05, 0) is 51.3 Å². The van der Waals surface area contributed by atoms with Crippen molar-refractivity contribution in [3.8, 4) is 5.75 Å². The van der Waals surface area contributed by atoms with E-state index in [1.807, 2.05) is 38.1 Å². The number of aliphatic hydroxyl groups is 2. The number of aliphatic hydroxyl groups excluding tert-OH is 1. The molecule has 0 fully saturated rings. The molecular formula is C14H22O3. The molecule has 96 valence electrons. The molecule has 2 N–H and O–H groups in total. The molecule has 0 aromatic heterocycles. The van der Waals surface area contributed by atoms with Crippen LogP contribution in [0.5, 0.6) is 5.75 Å². The van der Waals surface area contributed by atoms with Gasteiger partial charge in [0.25, 0.3) is 0 Å². The summed E-state index contributed by atoms with van der Waals surface area (Å²) < 4.78 is 5.54. The molecule has 0 aliphatic heterocycles. The molecule has 0 aliphatic rings. The van der Waals surface area contributed by atoms with Crippen molar-refractivity contribution in [2.45, 2.75) is 45.3 Å². The maximum Gasteiger partial charge on any atom is 0.119 e. The van der Waals surface area contributed by atoms with Gasteiger partial charge in [0, 0.05) is 6.61 Å². The smallest absolute Gasteiger partial charge is 0.119 e. The zero-order valence-electron chi connectivity index (χ0n) is 10.8. The van der Waals surface area contributed by atoms with Gasteiger partial charge in [-0.1, -0.05) is 12.1 Å². The lowest BCUT2D eigenvalue weighted by molar-refractivity contribution is 0.0403. The Balaban J connectivity index is 2.72. The summed E-state index contributed by atoms with van der Waals surface area (Å²) >= 11 is 0. The standard InChI is InChI=1S/C14H22O3/c1-11(2)17-13-7-5-12(6-8-13)14(3,16)9-4-10-15/h5-8,11,15-16H,4,9-10H2,1-3H3. The van der Waals surface area contributed by atoms with E-state index in [2.05, 4.69) is 0 Å². The normalized spacial score (nSPS) is 14.7. The average molecular weight is 238 g/mol. The molecule has 0 saturated heterocycles. The molecule has 0 aliphatic carbocycles. The lowest BCUT2D eigenvalue weighted by Gasteiger charge is -2.23. The Labute approximate surface area is 103 Å². The van der Waals surface area contributed by atoms with E-state index in [0.717, 1.165) is 11.3 Å². The molecule has 1 atom stereocenters. The highest BCUT2D eigenvalue weighted by Crippen LogP contribution is 2.27. The second kappa shape index (κ2) is 6.03. The highest BCUT2D eigenvalue weighted by Gasteiger charge is 2.22. The number of benzene rings is 1. The van der Waals surface area contributed by atoms with E-state index >= 15 is 0 Å². The third kappa shape index (κ3) is 4.36. The number of hydrogen-bond donors (Lipinski definition) is 2. The first-order valence-electron chi connectivity index (χ1n) is 6.06. The maximum atomic E-state index is 10.2. The summed E-state index contributed by atoms with van der Waals surface area (Å²) in [7, 11) is 0. The third-order valence-electron chi connectivity index (χ3n) is 2.67. The van der Waals surface area contributed by atoms with Gasteiger partial charge in [0.2, 0.25) is 0 Å². The number of rotatable bonds is 6. The van der Waals surface area contributed by atoms with Crippen LogP contribution in [0, 0.1) is 0 Å². The SMILES string of the molecule is CC(C)Oc1ccc(C(C)(O)CCCO)cc1. The van der Waals surface area contributed by atoms with Gasteiger partial charge in [0.05, 0.1) is 11.7 Å². The predicted molar refractivity (Wildman–Crippen MR) is 68.1 cm³/mol. The van der Waals surface area contributed by atoms with Crippen LogP contribution in [0.2, 0.25) is 0 Å². The van der Waals surface area contributed by atoms with E-state index in [1.54, 1.807) is 6.92 Å². The summed E-state index contributed by atoms with van der Waals surface area (Å²) in [4.78, 5) is 0. The highest BCUT2D eigenvalue weighted by molar-refractivity contribution is 5.30. The van der Waals surface area contributed by atoms with Crippen LogP contribution in [0.3, 0.4) is 0 Å². The van der Waals surface area contributed by atoms with Crippen LogP contribution >= 0.6 is 0 Å². The van der Waals surface area contributed by atoms with Crippen molar-refractivity contribution in [3.05, 3.63) is 29.8 Å². The molecule has 1 unspecified atom stereocenters. The topological polar surface area (TPSA) is 49.7 Å². The van der Waals surface area contributed by atoms with Crippen LogP contribution in [0.4, 0.5) is 0 Å². The van der Waals surface area contributed by atoms with E-state index in [-0.39, 0.29) is 12.7 Å². The monoisotopic (exact) mass is 238 g/mol. The molecule has 0 spiro atoms. The van der Waals surface area contributed by atoms with Gasteiger partial charge in [-0.3, -0.25) is 0 Å². The molecule has 0 saturated carbocycles. The van der Waals surface area contributed by atoms with Crippen molar-refractivity contribution in [1.29, 1.82) is 0 Å². The average Bonchev–Trinajstić information content (AvgIpc) is 2.26. The molecule has 0 bridgehead atoms. The van der Waals surface area contributed by atoms with Gasteiger partial charge in [-0.2, -0.15) is 0 Å². The van der Waals surface area contributed by atoms with E-state index in [4.69, 9.17) is 9.84 Å². The van der Waals surface area contributed by atoms with Crippen molar-refractivity contribution in [2.24, 2.45) is 0 Å². The Morgan fingerprint density at radius 3 is 2.29 bits per heavy atom. The molecule has 3 heteroatoms. The zero-order chi connectivity index (χ0) is 12.9. The molecule has 17 heavy (non-hydrogen) atoms. The van der Waals surface area contributed by atoms with E-state index in [1.165, 1.54) is 0 Å². The molecule has 1 rings (SSSR count). The quantitative estimate of drug-likeness (QED) is 0.800. The zero-order valence-corrected chi connectivity index (χ0v) is 10.8. The summed E-state index contributed by atoms with van der Waals surface area (Å²) in [5, 5.41) is 19.0. The van der Waals surface area contributed by atoms with Crippen molar-refractivity contribution in [1.82, 2.24) is 0 Å². The Hall–Kier alpha value is -1.06. The minimum Gasteiger partial charge on any atom is -0.491 e. The van der Waals surface area contributed by atoms with Gasteiger partial charge in [0.15, 0.2) is 0 Å². The summed E-state index contributed by atoms with van der Waals surface area (Å²) in [6.07, 6.45) is 1.29. The lowest BCUT2D eigenvalue weighted by atomic mass is 9.91. The van der Waals surface area contributed by atoms with Gasteiger partial charge in [-0.25, -0.2) is 0 Å². The Morgan fingerprint density at radius 1 is 1.24 bits per heavy atom. The van der Waals surface area contributed by atoms with Crippen molar-refractivity contribution in [3.63, 3.8) is 0 Å². The maximum absolute atomic E-state index is 10.2. The van der Waals surface area contributed by atoms with E-state index in [0.29, 0.717) is 12.8 Å². The van der Waals surface area contributed by atoms with Crippen molar-refractivity contribution in [2.75, 3.05) is 6.61 Å². The van der Waals surface area contributed by atoms with Crippen LogP contribution in [-0.4, -0.2) is 22.9 Å². The van der Waals surface area contributed by atoms with Gasteiger partial charge < -0.3 is 14.9 Å². The van der Waals surface area contributed by atoms with Gasteiger partial charge >= 0.3 is 0 Å². The molecule has 1 aromatic rings. The second-order valence-corrected chi connectivity index (χ2v) is 4.79. The first kappa shape index (κ1) is 14.0. The Kier molecular flexibility index (Phi) is 4.97. The van der Waals surface area contributed by atoms with Crippen LogP contribution in [0.1, 0.15) is 39.2 Å². The van der Waals surface area contributed by atoms with Crippen LogP contribution in [0.25, 0.3) is 0 Å². The fraction of sp³-hybridized carbons (Fsp3) is 0.571. The predicted octanol–water partition coefficient (Wildman–Crippen LogP) is 2.45. The second-order valence-electron chi connectivity index (χ2n) is 4.79. The minimum absolute atomic E-state index is 0.102. The van der Waals surface area contributed by atoms with Crippen LogP contribution in [-0.2, 0) is 5.60 Å². The number of ether oxygens (including phenoxy) is 1. The minimum atomic E-state index is -0.890. The Morgan fingerprint density at radius 2 is 1.82 bits per heavy atom. The summed E-state index contributed by atoms with van der Waals surface area (Å²) in [5.74, 6) is 0.807. The molecule has 3 nitrogen and oxygen atoms in total. The summed E-state index contributed by atoms with van der Waals surface area (Å²) in [5.41, 5.74) is -0.0407. The fourth-order valence-corrected chi connectivity index (χ4v) is 1.73. The van der Waals surface area contributed by atoms with E-state index < -0.39 is 5.60 Å². The lowest BCUT2D eigenvalue weighted by Crippen LogP contribution is -2.21. The fourth-order valence-electron chi connectivity index (χ4n) is 1.73. The summed E-state index contributed by atoms with van der Waals surface area (Å²) in [6.45, 7) is 5.82. The molecule has 0 radical (unpaired) electrons. The Bertz CT molecular complexity index is 328. The molecule has 0 amide bonds. The summed E-state index contributed by atoms with van der Waals surface area (Å²) in [6, 6.07) is 7.47. The number of hydrogen-bond acceptors (Lipinski definition) is 3. The van der Waals surface area contributed by atoms with E-state index in [9.17, 15) is 5.11 Å². The van der Waals surface area contributed by atoms with Gasteiger partial charge in [0.1, 0.15) is 5.75 Å². The van der Waals surface area contributed by atoms with Crippen LogP contribution in [0.15, 0.2) is 24.3 Å². The van der Waals surface area contributed by atoms with Gasteiger partial charge in [-0.15, -0.1) is 0 Å².